The van der Waals surface area contributed by atoms with Gasteiger partial charge in [0.25, 0.3) is 5.91 Å². The normalized spacial score (nSPS) is 18.4. The molecule has 3 heterocycles. The number of nitrogens with one attached hydrogen (secondary N) is 1. The summed E-state index contributed by atoms with van der Waals surface area (Å²) in [4.78, 5) is 17.1. The smallest absolute Gasteiger partial charge is 0.253 e. The van der Waals surface area contributed by atoms with Crippen molar-refractivity contribution in [2.24, 2.45) is 0 Å². The first kappa shape index (κ1) is 19.1. The summed E-state index contributed by atoms with van der Waals surface area (Å²) in [5, 5.41) is 13.1. The highest BCUT2D eigenvalue weighted by Crippen LogP contribution is 2.32. The summed E-state index contributed by atoms with van der Waals surface area (Å²) in [5.74, 6) is 1.69. The maximum Gasteiger partial charge on any atom is 0.253 e. The standard InChI is InChI=1S/C24H24N6O/c1-18-17-28(24(31)19-9-3-2-4-10-19)15-16-29(18)22-20-11-5-6-12-21(20)23(27-26-22)30-14-8-7-13-25-30/h2-14,18,25H,15-17H2,1H3/t18-/m1/s1. The van der Waals surface area contributed by atoms with Crippen molar-refractivity contribution in [1.82, 2.24) is 20.5 Å². The number of nitrogens with zero attached hydrogens (tertiary/aromatic N) is 5. The first-order chi connectivity index (χ1) is 15.2. The Morgan fingerprint density at radius 3 is 2.35 bits per heavy atom. The van der Waals surface area contributed by atoms with Gasteiger partial charge in [-0.15, -0.1) is 10.2 Å². The molecule has 1 N–H and O–H groups in total. The molecule has 1 atom stereocenters. The Balaban J connectivity index is 1.42. The van der Waals surface area contributed by atoms with Crippen molar-refractivity contribution in [3.8, 4) is 0 Å². The van der Waals surface area contributed by atoms with Crippen molar-refractivity contribution < 1.29 is 4.79 Å². The summed E-state index contributed by atoms with van der Waals surface area (Å²) in [5.41, 5.74) is 3.91. The Labute approximate surface area is 181 Å². The highest BCUT2D eigenvalue weighted by atomic mass is 16.2. The van der Waals surface area contributed by atoms with Gasteiger partial charge in [-0.05, 0) is 31.2 Å². The van der Waals surface area contributed by atoms with E-state index in [1.807, 2.05) is 76.9 Å². The van der Waals surface area contributed by atoms with Crippen LogP contribution in [-0.2, 0) is 0 Å². The number of hydrogen-bond donors (Lipinski definition) is 1. The van der Waals surface area contributed by atoms with Crippen molar-refractivity contribution in [3.63, 3.8) is 0 Å². The predicted molar refractivity (Wildman–Crippen MR) is 123 cm³/mol. The van der Waals surface area contributed by atoms with Gasteiger partial charge >= 0.3 is 0 Å². The van der Waals surface area contributed by atoms with Crippen molar-refractivity contribution in [1.29, 1.82) is 0 Å². The lowest BCUT2D eigenvalue weighted by atomic mass is 10.1. The molecule has 3 aromatic rings. The quantitative estimate of drug-likeness (QED) is 0.712. The van der Waals surface area contributed by atoms with Crippen molar-refractivity contribution >= 4 is 28.3 Å². The van der Waals surface area contributed by atoms with Crippen LogP contribution in [0.1, 0.15) is 17.3 Å². The number of benzene rings is 2. The lowest BCUT2D eigenvalue weighted by Gasteiger charge is -2.40. The van der Waals surface area contributed by atoms with Gasteiger partial charge in [-0.3, -0.25) is 4.79 Å². The van der Waals surface area contributed by atoms with E-state index in [9.17, 15) is 4.79 Å². The first-order valence-electron chi connectivity index (χ1n) is 10.5. The number of rotatable bonds is 3. The zero-order valence-electron chi connectivity index (χ0n) is 17.3. The highest BCUT2D eigenvalue weighted by molar-refractivity contribution is 5.99. The molecule has 2 aromatic carbocycles. The van der Waals surface area contributed by atoms with Gasteiger partial charge in [0.15, 0.2) is 11.6 Å². The zero-order chi connectivity index (χ0) is 21.2. The SMILES string of the molecule is C[C@@H]1CN(C(=O)c2ccccc2)CCN1c1nnc(N2C=CC=CN2)c2ccccc12. The molecule has 0 bridgehead atoms. The van der Waals surface area contributed by atoms with Crippen LogP contribution >= 0.6 is 0 Å². The molecule has 7 heteroatoms. The van der Waals surface area contributed by atoms with E-state index in [0.717, 1.165) is 28.0 Å². The lowest BCUT2D eigenvalue weighted by Crippen LogP contribution is -2.54. The van der Waals surface area contributed by atoms with Crippen LogP contribution in [0.5, 0.6) is 0 Å². The molecule has 2 aliphatic heterocycles. The number of hydrogen-bond acceptors (Lipinski definition) is 6. The van der Waals surface area contributed by atoms with E-state index in [0.29, 0.717) is 19.6 Å². The number of hydrazine groups is 1. The predicted octanol–water partition coefficient (Wildman–Crippen LogP) is 3.33. The molecule has 2 aliphatic rings. The summed E-state index contributed by atoms with van der Waals surface area (Å²) in [6.45, 7) is 4.14. The molecule has 0 unspecified atom stereocenters. The van der Waals surface area contributed by atoms with Gasteiger partial charge in [-0.1, -0.05) is 42.5 Å². The summed E-state index contributed by atoms with van der Waals surface area (Å²) in [6, 6.07) is 17.8. The molecule has 31 heavy (non-hydrogen) atoms. The number of aromatic nitrogens is 2. The topological polar surface area (TPSA) is 64.6 Å². The van der Waals surface area contributed by atoms with Gasteiger partial charge < -0.3 is 15.2 Å². The number of amides is 1. The van der Waals surface area contributed by atoms with E-state index in [1.54, 1.807) is 0 Å². The molecule has 1 fully saturated rings. The molecular formula is C24H24N6O. The molecule has 156 valence electrons. The maximum atomic E-state index is 12.9. The van der Waals surface area contributed by atoms with E-state index in [-0.39, 0.29) is 11.9 Å². The minimum atomic E-state index is 0.0782. The fraction of sp³-hybridized carbons (Fsp3) is 0.208. The third kappa shape index (κ3) is 3.59. The number of anilines is 2. The summed E-state index contributed by atoms with van der Waals surface area (Å²) in [7, 11) is 0. The fourth-order valence-electron chi connectivity index (χ4n) is 4.18. The van der Waals surface area contributed by atoms with Gasteiger partial charge in [0.05, 0.1) is 0 Å². The van der Waals surface area contributed by atoms with Crippen LogP contribution in [0.15, 0.2) is 79.1 Å². The molecule has 1 aromatic heterocycles. The monoisotopic (exact) mass is 412 g/mol. The van der Waals surface area contributed by atoms with E-state index < -0.39 is 0 Å². The number of piperazine rings is 1. The van der Waals surface area contributed by atoms with Crippen molar-refractivity contribution in [2.75, 3.05) is 29.5 Å². The third-order valence-electron chi connectivity index (χ3n) is 5.74. The van der Waals surface area contributed by atoms with Crippen LogP contribution in [-0.4, -0.2) is 46.7 Å². The van der Waals surface area contributed by atoms with Gasteiger partial charge in [-0.25, -0.2) is 5.01 Å². The molecule has 0 saturated carbocycles. The number of carbonyl (C=O) groups excluding carboxylic acids is 1. The minimum absolute atomic E-state index is 0.0782. The van der Waals surface area contributed by atoms with Crippen LogP contribution in [0, 0.1) is 0 Å². The Hall–Kier alpha value is -3.87. The Kier molecular flexibility index (Phi) is 5.00. The second-order valence-electron chi connectivity index (χ2n) is 7.75. The maximum absolute atomic E-state index is 12.9. The third-order valence-corrected chi connectivity index (χ3v) is 5.74. The van der Waals surface area contributed by atoms with E-state index in [4.69, 9.17) is 0 Å². The van der Waals surface area contributed by atoms with Crippen LogP contribution in [0.3, 0.4) is 0 Å². The zero-order valence-corrected chi connectivity index (χ0v) is 17.3. The van der Waals surface area contributed by atoms with E-state index in [2.05, 4.69) is 39.6 Å². The second kappa shape index (κ2) is 8.10. The largest absolute Gasteiger partial charge is 0.348 e. The molecular weight excluding hydrogens is 388 g/mol. The number of carbonyl (C=O) groups is 1. The second-order valence-corrected chi connectivity index (χ2v) is 7.75. The first-order valence-corrected chi connectivity index (χ1v) is 10.5. The minimum Gasteiger partial charge on any atom is -0.348 e. The molecule has 0 spiro atoms. The average Bonchev–Trinajstić information content (AvgIpc) is 2.84. The average molecular weight is 412 g/mol. The Morgan fingerprint density at radius 2 is 1.65 bits per heavy atom. The molecule has 0 radical (unpaired) electrons. The molecule has 1 amide bonds. The lowest BCUT2D eigenvalue weighted by molar-refractivity contribution is 0.0726. The summed E-state index contributed by atoms with van der Waals surface area (Å²) < 4.78 is 0. The Bertz CT molecular complexity index is 1160. The van der Waals surface area contributed by atoms with Crippen LogP contribution in [0.25, 0.3) is 10.8 Å². The Morgan fingerprint density at radius 1 is 0.935 bits per heavy atom. The molecule has 7 nitrogen and oxygen atoms in total. The van der Waals surface area contributed by atoms with Gasteiger partial charge in [0, 0.05) is 54.4 Å². The van der Waals surface area contributed by atoms with Crippen molar-refractivity contribution in [3.05, 3.63) is 84.7 Å². The summed E-state index contributed by atoms with van der Waals surface area (Å²) in [6.07, 6.45) is 7.66. The molecule has 0 aliphatic carbocycles. The van der Waals surface area contributed by atoms with E-state index >= 15 is 0 Å². The number of fused-ring (bicyclic) bond motifs is 1. The van der Waals surface area contributed by atoms with Gasteiger partial charge in [-0.2, -0.15) is 0 Å². The molecule has 1 saturated heterocycles. The van der Waals surface area contributed by atoms with E-state index in [1.165, 1.54) is 0 Å². The van der Waals surface area contributed by atoms with Crippen LogP contribution < -0.4 is 15.3 Å². The van der Waals surface area contributed by atoms with Crippen LogP contribution in [0.2, 0.25) is 0 Å². The molecule has 5 rings (SSSR count). The number of allylic oxidation sites excluding steroid dienone is 2. The highest BCUT2D eigenvalue weighted by Gasteiger charge is 2.29. The summed E-state index contributed by atoms with van der Waals surface area (Å²) >= 11 is 0. The van der Waals surface area contributed by atoms with Gasteiger partial charge in [0.2, 0.25) is 0 Å². The van der Waals surface area contributed by atoms with Crippen molar-refractivity contribution in [2.45, 2.75) is 13.0 Å². The van der Waals surface area contributed by atoms with Gasteiger partial charge in [0.1, 0.15) is 0 Å². The van der Waals surface area contributed by atoms with Crippen LogP contribution in [0.4, 0.5) is 11.6 Å². The fourth-order valence-corrected chi connectivity index (χ4v) is 4.18.